The van der Waals surface area contributed by atoms with Gasteiger partial charge >= 0.3 is 0 Å². The minimum absolute atomic E-state index is 0.794. The molecule has 0 bridgehead atoms. The van der Waals surface area contributed by atoms with Crippen LogP contribution in [0.4, 0.5) is 0 Å². The Hall–Kier alpha value is -2.77. The molecule has 0 atom stereocenters. The fraction of sp³-hybridized carbons (Fsp3) is 0.143. The van der Waals surface area contributed by atoms with Crippen molar-refractivity contribution in [3.05, 3.63) is 78.1 Å². The van der Waals surface area contributed by atoms with Gasteiger partial charge in [0, 0.05) is 5.39 Å². The van der Waals surface area contributed by atoms with Crippen LogP contribution in [0.1, 0.15) is 11.4 Å². The standard InChI is InChI=1S/C21H17N5S2/c1-2-6-15(7-3-1)12-13-27-14-19-23-24-21-26(19)25-20(28-21)18-11-10-16-8-4-5-9-17(16)22-18/h1-11H,12-14H2. The molecule has 0 radical (unpaired) electrons. The van der Waals surface area contributed by atoms with Gasteiger partial charge in [-0.25, -0.2) is 4.98 Å². The van der Waals surface area contributed by atoms with Gasteiger partial charge in [-0.05, 0) is 29.9 Å². The van der Waals surface area contributed by atoms with E-state index in [-0.39, 0.29) is 0 Å². The van der Waals surface area contributed by atoms with E-state index in [0.717, 1.165) is 50.3 Å². The molecule has 138 valence electrons. The van der Waals surface area contributed by atoms with E-state index in [1.807, 2.05) is 46.6 Å². The fourth-order valence-corrected chi connectivity index (χ4v) is 4.75. The minimum Gasteiger partial charge on any atom is -0.245 e. The second kappa shape index (κ2) is 7.69. The minimum atomic E-state index is 0.794. The molecular formula is C21H17N5S2. The second-order valence-electron chi connectivity index (χ2n) is 6.40. The molecule has 0 unspecified atom stereocenters. The molecule has 0 amide bonds. The van der Waals surface area contributed by atoms with Gasteiger partial charge in [-0.2, -0.15) is 21.4 Å². The maximum absolute atomic E-state index is 4.74. The fourth-order valence-electron chi connectivity index (χ4n) is 3.03. The van der Waals surface area contributed by atoms with Crippen molar-refractivity contribution in [3.63, 3.8) is 0 Å². The average Bonchev–Trinajstić information content (AvgIpc) is 3.33. The van der Waals surface area contributed by atoms with Crippen LogP contribution in [0.15, 0.2) is 66.7 Å². The quantitative estimate of drug-likeness (QED) is 0.378. The Morgan fingerprint density at radius 2 is 1.75 bits per heavy atom. The van der Waals surface area contributed by atoms with Crippen LogP contribution in [0.3, 0.4) is 0 Å². The number of rotatable bonds is 6. The summed E-state index contributed by atoms with van der Waals surface area (Å²) in [6.45, 7) is 0. The Kier molecular flexibility index (Phi) is 4.76. The smallest absolute Gasteiger partial charge is 0.235 e. The molecule has 3 heterocycles. The van der Waals surface area contributed by atoms with Crippen molar-refractivity contribution in [1.29, 1.82) is 0 Å². The van der Waals surface area contributed by atoms with Gasteiger partial charge in [0.05, 0.1) is 11.3 Å². The highest BCUT2D eigenvalue weighted by molar-refractivity contribution is 7.98. The number of thioether (sulfide) groups is 1. The normalized spacial score (nSPS) is 11.4. The van der Waals surface area contributed by atoms with E-state index in [1.165, 1.54) is 16.9 Å². The first-order chi connectivity index (χ1) is 13.9. The van der Waals surface area contributed by atoms with Crippen molar-refractivity contribution in [2.75, 3.05) is 5.75 Å². The van der Waals surface area contributed by atoms with Crippen molar-refractivity contribution < 1.29 is 0 Å². The Labute approximate surface area is 170 Å². The first kappa shape index (κ1) is 17.3. The van der Waals surface area contributed by atoms with E-state index < -0.39 is 0 Å². The maximum atomic E-state index is 4.74. The van der Waals surface area contributed by atoms with Gasteiger partial charge in [0.1, 0.15) is 5.69 Å². The van der Waals surface area contributed by atoms with E-state index in [9.17, 15) is 0 Å². The molecular weight excluding hydrogens is 386 g/mol. The molecule has 28 heavy (non-hydrogen) atoms. The van der Waals surface area contributed by atoms with E-state index in [4.69, 9.17) is 10.1 Å². The molecule has 3 aromatic heterocycles. The SMILES string of the molecule is c1ccc(CCSCc2nnc3sc(-c4ccc5ccccc5n4)nn23)cc1. The third-order valence-corrected chi connectivity index (χ3v) is 6.36. The summed E-state index contributed by atoms with van der Waals surface area (Å²) in [6, 6.07) is 22.8. The number of nitrogens with zero attached hydrogens (tertiary/aromatic N) is 5. The molecule has 0 spiro atoms. The molecule has 5 nitrogen and oxygen atoms in total. The zero-order valence-electron chi connectivity index (χ0n) is 15.0. The van der Waals surface area contributed by atoms with Gasteiger partial charge in [0.15, 0.2) is 10.8 Å². The Morgan fingerprint density at radius 1 is 0.893 bits per heavy atom. The predicted molar refractivity (Wildman–Crippen MR) is 116 cm³/mol. The lowest BCUT2D eigenvalue weighted by Gasteiger charge is -2.01. The number of aromatic nitrogens is 5. The number of aryl methyl sites for hydroxylation is 1. The Bertz CT molecular complexity index is 1230. The highest BCUT2D eigenvalue weighted by atomic mass is 32.2. The monoisotopic (exact) mass is 403 g/mol. The molecule has 0 aliphatic heterocycles. The third kappa shape index (κ3) is 3.50. The molecule has 7 heteroatoms. The summed E-state index contributed by atoms with van der Waals surface area (Å²) in [5.41, 5.74) is 3.21. The van der Waals surface area contributed by atoms with E-state index in [0.29, 0.717) is 0 Å². The largest absolute Gasteiger partial charge is 0.245 e. The number of fused-ring (bicyclic) bond motifs is 2. The summed E-state index contributed by atoms with van der Waals surface area (Å²) in [5, 5.41) is 15.3. The van der Waals surface area contributed by atoms with Gasteiger partial charge in [-0.15, -0.1) is 10.2 Å². The van der Waals surface area contributed by atoms with Crippen LogP contribution in [0, 0.1) is 0 Å². The van der Waals surface area contributed by atoms with Gasteiger partial charge in [-0.3, -0.25) is 0 Å². The van der Waals surface area contributed by atoms with Crippen molar-refractivity contribution in [2.45, 2.75) is 12.2 Å². The van der Waals surface area contributed by atoms with Gasteiger partial charge in [0.2, 0.25) is 4.96 Å². The highest BCUT2D eigenvalue weighted by Crippen LogP contribution is 2.26. The van der Waals surface area contributed by atoms with Crippen LogP contribution in [-0.4, -0.2) is 30.5 Å². The molecule has 5 rings (SSSR count). The number of pyridine rings is 1. The molecule has 0 saturated carbocycles. The van der Waals surface area contributed by atoms with Crippen LogP contribution in [0.25, 0.3) is 26.6 Å². The van der Waals surface area contributed by atoms with Crippen LogP contribution in [-0.2, 0) is 12.2 Å². The zero-order chi connectivity index (χ0) is 18.8. The Balaban J connectivity index is 1.32. The summed E-state index contributed by atoms with van der Waals surface area (Å²) in [4.78, 5) is 5.55. The molecule has 5 aromatic rings. The summed E-state index contributed by atoms with van der Waals surface area (Å²) in [6.07, 6.45) is 1.05. The molecule has 0 aliphatic carbocycles. The Morgan fingerprint density at radius 3 is 2.68 bits per heavy atom. The van der Waals surface area contributed by atoms with Crippen LogP contribution >= 0.6 is 23.1 Å². The van der Waals surface area contributed by atoms with Crippen LogP contribution in [0.5, 0.6) is 0 Å². The highest BCUT2D eigenvalue weighted by Gasteiger charge is 2.14. The lowest BCUT2D eigenvalue weighted by atomic mass is 10.2. The molecule has 0 aliphatic rings. The summed E-state index contributed by atoms with van der Waals surface area (Å²) < 4.78 is 1.85. The zero-order valence-corrected chi connectivity index (χ0v) is 16.7. The first-order valence-corrected chi connectivity index (χ1v) is 11.0. The van der Waals surface area contributed by atoms with E-state index in [2.05, 4.69) is 46.6 Å². The van der Waals surface area contributed by atoms with Crippen molar-refractivity contribution >= 4 is 39.0 Å². The second-order valence-corrected chi connectivity index (χ2v) is 8.46. The lowest BCUT2D eigenvalue weighted by Crippen LogP contribution is -1.96. The van der Waals surface area contributed by atoms with Crippen molar-refractivity contribution in [2.24, 2.45) is 0 Å². The first-order valence-electron chi connectivity index (χ1n) is 9.06. The summed E-state index contributed by atoms with van der Waals surface area (Å²) in [5.74, 6) is 2.72. The third-order valence-electron chi connectivity index (χ3n) is 4.48. The maximum Gasteiger partial charge on any atom is 0.235 e. The van der Waals surface area contributed by atoms with Gasteiger partial charge in [-0.1, -0.05) is 65.9 Å². The number of hydrogen-bond acceptors (Lipinski definition) is 6. The van der Waals surface area contributed by atoms with Gasteiger partial charge < -0.3 is 0 Å². The van der Waals surface area contributed by atoms with E-state index >= 15 is 0 Å². The molecule has 0 saturated heterocycles. The lowest BCUT2D eigenvalue weighted by molar-refractivity contribution is 0.885. The predicted octanol–water partition coefficient (Wildman–Crippen LogP) is 4.88. The van der Waals surface area contributed by atoms with Gasteiger partial charge in [0.25, 0.3) is 0 Å². The number of hydrogen-bond donors (Lipinski definition) is 0. The van der Waals surface area contributed by atoms with Crippen molar-refractivity contribution in [3.8, 4) is 10.7 Å². The number of benzene rings is 2. The summed E-state index contributed by atoms with van der Waals surface area (Å²) in [7, 11) is 0. The van der Waals surface area contributed by atoms with Crippen LogP contribution < -0.4 is 0 Å². The molecule has 2 aromatic carbocycles. The topological polar surface area (TPSA) is 56.0 Å². The van der Waals surface area contributed by atoms with Crippen LogP contribution in [0.2, 0.25) is 0 Å². The van der Waals surface area contributed by atoms with Crippen molar-refractivity contribution in [1.82, 2.24) is 24.8 Å². The molecule has 0 fully saturated rings. The molecule has 0 N–H and O–H groups in total. The summed E-state index contributed by atoms with van der Waals surface area (Å²) >= 11 is 3.38. The number of para-hydroxylation sites is 1. The average molecular weight is 404 g/mol. The van der Waals surface area contributed by atoms with E-state index in [1.54, 1.807) is 0 Å².